The highest BCUT2D eigenvalue weighted by atomic mass is 79.9. The van der Waals surface area contributed by atoms with Crippen LogP contribution in [0.25, 0.3) is 0 Å². The molecule has 0 saturated carbocycles. The highest BCUT2D eigenvalue weighted by Gasteiger charge is 2.17. The van der Waals surface area contributed by atoms with Crippen molar-refractivity contribution in [1.29, 1.82) is 0 Å². The van der Waals surface area contributed by atoms with Crippen molar-refractivity contribution in [3.63, 3.8) is 0 Å². The second kappa shape index (κ2) is 4.41. The largest absolute Gasteiger partial charge is 0.323 e. The number of hydrogen-bond donors (Lipinski definition) is 1. The Kier molecular flexibility index (Phi) is 3.67. The lowest BCUT2D eigenvalue weighted by Gasteiger charge is -2.22. The van der Waals surface area contributed by atoms with Crippen molar-refractivity contribution < 1.29 is 0 Å². The monoisotopic (exact) mass is 256 g/mol. The maximum absolute atomic E-state index is 6.05. The standard InChI is InChI=1S/C11H17BrN2/c1-11(2,3)6-9(13)10-5-4-8(12)7-14-10/h4-5,7,9H,6,13H2,1-3H3. The van der Waals surface area contributed by atoms with Crippen LogP contribution in [-0.2, 0) is 0 Å². The average Bonchev–Trinajstić information content (AvgIpc) is 2.02. The Bertz CT molecular complexity index is 287. The zero-order valence-corrected chi connectivity index (χ0v) is 10.5. The minimum atomic E-state index is 0.0306. The molecule has 78 valence electrons. The van der Waals surface area contributed by atoms with Gasteiger partial charge in [-0.25, -0.2) is 0 Å². The van der Waals surface area contributed by atoms with Crippen LogP contribution in [0.3, 0.4) is 0 Å². The van der Waals surface area contributed by atoms with Gasteiger partial charge >= 0.3 is 0 Å². The molecule has 0 aliphatic heterocycles. The SMILES string of the molecule is CC(C)(C)CC(N)c1ccc(Br)cn1. The van der Waals surface area contributed by atoms with E-state index >= 15 is 0 Å². The van der Waals surface area contributed by atoms with Crippen LogP contribution in [0.4, 0.5) is 0 Å². The van der Waals surface area contributed by atoms with E-state index < -0.39 is 0 Å². The molecule has 1 atom stereocenters. The minimum absolute atomic E-state index is 0.0306. The van der Waals surface area contributed by atoms with Crippen LogP contribution in [0.1, 0.15) is 38.9 Å². The average molecular weight is 257 g/mol. The van der Waals surface area contributed by atoms with E-state index in [1.165, 1.54) is 0 Å². The molecule has 3 heteroatoms. The Balaban J connectivity index is 2.70. The van der Waals surface area contributed by atoms with Crippen molar-refractivity contribution in [2.75, 3.05) is 0 Å². The first kappa shape index (κ1) is 11.7. The molecule has 14 heavy (non-hydrogen) atoms. The van der Waals surface area contributed by atoms with Crippen molar-refractivity contribution in [3.05, 3.63) is 28.5 Å². The molecule has 0 bridgehead atoms. The van der Waals surface area contributed by atoms with E-state index in [0.29, 0.717) is 0 Å². The van der Waals surface area contributed by atoms with E-state index in [9.17, 15) is 0 Å². The first-order valence-electron chi connectivity index (χ1n) is 4.75. The van der Waals surface area contributed by atoms with Gasteiger partial charge in [0.2, 0.25) is 0 Å². The predicted molar refractivity (Wildman–Crippen MR) is 62.9 cm³/mol. The number of hydrogen-bond acceptors (Lipinski definition) is 2. The topological polar surface area (TPSA) is 38.9 Å². The van der Waals surface area contributed by atoms with Gasteiger partial charge in [0, 0.05) is 16.7 Å². The summed E-state index contributed by atoms with van der Waals surface area (Å²) in [5.74, 6) is 0. The smallest absolute Gasteiger partial charge is 0.0572 e. The Morgan fingerprint density at radius 3 is 2.50 bits per heavy atom. The number of nitrogens with zero attached hydrogens (tertiary/aromatic N) is 1. The summed E-state index contributed by atoms with van der Waals surface area (Å²) in [6.07, 6.45) is 2.74. The van der Waals surface area contributed by atoms with E-state index in [-0.39, 0.29) is 11.5 Å². The summed E-state index contributed by atoms with van der Waals surface area (Å²) >= 11 is 3.35. The second-order valence-corrected chi connectivity index (χ2v) is 5.69. The summed E-state index contributed by atoms with van der Waals surface area (Å²) in [6.45, 7) is 6.56. The molecule has 0 spiro atoms. The summed E-state index contributed by atoms with van der Waals surface area (Å²) in [4.78, 5) is 4.29. The molecule has 0 aromatic carbocycles. The zero-order valence-electron chi connectivity index (χ0n) is 8.92. The van der Waals surface area contributed by atoms with E-state index in [1.807, 2.05) is 12.1 Å². The van der Waals surface area contributed by atoms with Crippen molar-refractivity contribution in [2.24, 2.45) is 11.1 Å². The fraction of sp³-hybridized carbons (Fsp3) is 0.545. The van der Waals surface area contributed by atoms with Crippen LogP contribution in [0.15, 0.2) is 22.8 Å². The summed E-state index contributed by atoms with van der Waals surface area (Å²) in [6, 6.07) is 3.98. The van der Waals surface area contributed by atoms with E-state index in [4.69, 9.17) is 5.73 Å². The van der Waals surface area contributed by atoms with Crippen molar-refractivity contribution in [2.45, 2.75) is 33.2 Å². The third kappa shape index (κ3) is 3.76. The van der Waals surface area contributed by atoms with Gasteiger partial charge in [0.05, 0.1) is 5.69 Å². The molecule has 0 aliphatic carbocycles. The van der Waals surface area contributed by atoms with Crippen LogP contribution in [0.2, 0.25) is 0 Å². The van der Waals surface area contributed by atoms with Gasteiger partial charge in [0.25, 0.3) is 0 Å². The maximum atomic E-state index is 6.05. The van der Waals surface area contributed by atoms with Gasteiger partial charge in [-0.2, -0.15) is 0 Å². The molecule has 1 aromatic heterocycles. The van der Waals surface area contributed by atoms with Gasteiger partial charge in [0.1, 0.15) is 0 Å². The van der Waals surface area contributed by atoms with Crippen LogP contribution in [0, 0.1) is 5.41 Å². The fourth-order valence-corrected chi connectivity index (χ4v) is 1.61. The van der Waals surface area contributed by atoms with Crippen molar-refractivity contribution in [1.82, 2.24) is 4.98 Å². The lowest BCUT2D eigenvalue weighted by molar-refractivity contribution is 0.340. The van der Waals surface area contributed by atoms with Crippen LogP contribution in [-0.4, -0.2) is 4.98 Å². The molecule has 1 rings (SSSR count). The molecule has 0 amide bonds. The zero-order chi connectivity index (χ0) is 10.8. The number of pyridine rings is 1. The molecule has 0 radical (unpaired) electrons. The molecule has 0 saturated heterocycles. The van der Waals surface area contributed by atoms with Crippen LogP contribution in [0.5, 0.6) is 0 Å². The van der Waals surface area contributed by atoms with Gasteiger partial charge < -0.3 is 5.73 Å². The van der Waals surface area contributed by atoms with Crippen molar-refractivity contribution in [3.8, 4) is 0 Å². The van der Waals surface area contributed by atoms with Gasteiger partial charge in [-0.1, -0.05) is 20.8 Å². The minimum Gasteiger partial charge on any atom is -0.323 e. The molecule has 1 aromatic rings. The molecule has 1 heterocycles. The maximum Gasteiger partial charge on any atom is 0.0572 e. The number of rotatable bonds is 2. The Morgan fingerprint density at radius 1 is 1.43 bits per heavy atom. The Hall–Kier alpha value is -0.410. The highest BCUT2D eigenvalue weighted by Crippen LogP contribution is 2.26. The third-order valence-corrected chi connectivity index (χ3v) is 2.43. The van der Waals surface area contributed by atoms with Gasteiger partial charge in [-0.15, -0.1) is 0 Å². The number of aromatic nitrogens is 1. The normalized spacial score (nSPS) is 14.1. The summed E-state index contributed by atoms with van der Waals surface area (Å²) in [7, 11) is 0. The summed E-state index contributed by atoms with van der Waals surface area (Å²) in [5.41, 5.74) is 7.26. The lowest BCUT2D eigenvalue weighted by Crippen LogP contribution is -2.19. The Morgan fingerprint density at radius 2 is 2.07 bits per heavy atom. The first-order chi connectivity index (χ1) is 6.38. The molecule has 0 fully saturated rings. The lowest BCUT2D eigenvalue weighted by atomic mass is 9.87. The van der Waals surface area contributed by atoms with Gasteiger partial charge in [-0.3, -0.25) is 4.98 Å². The molecular formula is C11H17BrN2. The third-order valence-electron chi connectivity index (χ3n) is 1.96. The number of nitrogens with two attached hydrogens (primary N) is 1. The molecule has 2 N–H and O–H groups in total. The molecular weight excluding hydrogens is 240 g/mol. The van der Waals surface area contributed by atoms with Gasteiger partial charge in [0.15, 0.2) is 0 Å². The van der Waals surface area contributed by atoms with Crippen molar-refractivity contribution >= 4 is 15.9 Å². The van der Waals surface area contributed by atoms with E-state index in [1.54, 1.807) is 6.20 Å². The summed E-state index contributed by atoms with van der Waals surface area (Å²) in [5, 5.41) is 0. The van der Waals surface area contributed by atoms with Gasteiger partial charge in [-0.05, 0) is 39.9 Å². The van der Waals surface area contributed by atoms with Crippen LogP contribution >= 0.6 is 15.9 Å². The first-order valence-corrected chi connectivity index (χ1v) is 5.55. The number of halogens is 1. The molecule has 1 unspecified atom stereocenters. The quantitative estimate of drug-likeness (QED) is 0.883. The second-order valence-electron chi connectivity index (χ2n) is 4.77. The fourth-order valence-electron chi connectivity index (χ4n) is 1.37. The molecule has 0 aliphatic rings. The Labute approximate surface area is 94.0 Å². The highest BCUT2D eigenvalue weighted by molar-refractivity contribution is 9.10. The summed E-state index contributed by atoms with van der Waals surface area (Å²) < 4.78 is 0.990. The van der Waals surface area contributed by atoms with E-state index in [0.717, 1.165) is 16.6 Å². The molecule has 2 nitrogen and oxygen atoms in total. The van der Waals surface area contributed by atoms with Crippen LogP contribution < -0.4 is 5.73 Å². The van der Waals surface area contributed by atoms with E-state index in [2.05, 4.69) is 41.7 Å². The predicted octanol–water partition coefficient (Wildman–Crippen LogP) is 3.28.